The third kappa shape index (κ3) is 15.8. The van der Waals surface area contributed by atoms with Crippen LogP contribution in [0.5, 0.6) is 0 Å². The van der Waals surface area contributed by atoms with E-state index in [-0.39, 0.29) is 0 Å². The molecule has 5 heteroatoms. The molecule has 0 aromatic rings. The third-order valence-electron chi connectivity index (χ3n) is 2.00. The van der Waals surface area contributed by atoms with E-state index < -0.39 is 0 Å². The lowest BCUT2D eigenvalue weighted by molar-refractivity contribution is -0.514. The topological polar surface area (TPSA) is 46.2 Å². The number of ether oxygens (including phenoxy) is 2. The van der Waals surface area contributed by atoms with Crippen LogP contribution in [0.2, 0.25) is 0 Å². The van der Waals surface area contributed by atoms with Crippen molar-refractivity contribution >= 4 is 0 Å². The Bertz CT molecular complexity index is 118. The Balaban J connectivity index is 2.85. The van der Waals surface area contributed by atoms with E-state index in [1.165, 1.54) is 0 Å². The largest absolute Gasteiger partial charge is 0.379 e. The average molecular weight is 250 g/mol. The highest BCUT2D eigenvalue weighted by Crippen LogP contribution is 1.90. The van der Waals surface area contributed by atoms with Gasteiger partial charge in [0.25, 0.3) is 0 Å². The van der Waals surface area contributed by atoms with Crippen molar-refractivity contribution in [1.29, 1.82) is 0 Å². The fourth-order valence-electron chi connectivity index (χ4n) is 0.985. The smallest absolute Gasteiger partial charge is 0.109 e. The van der Waals surface area contributed by atoms with E-state index in [9.17, 15) is 0 Å². The van der Waals surface area contributed by atoms with Gasteiger partial charge in [-0.1, -0.05) is 31.7 Å². The zero-order chi connectivity index (χ0) is 12.6. The lowest BCUT2D eigenvalue weighted by Gasteiger charge is -2.05. The van der Waals surface area contributed by atoms with Crippen LogP contribution in [0.15, 0.2) is 0 Å². The maximum atomic E-state index is 5.26. The van der Waals surface area contributed by atoms with Gasteiger partial charge in [-0.05, 0) is 12.8 Å². The molecule has 104 valence electrons. The van der Waals surface area contributed by atoms with Gasteiger partial charge in [-0.15, -0.1) is 0 Å². The average Bonchev–Trinajstić information content (AvgIpc) is 2.35. The molecule has 0 aromatic heterocycles. The van der Waals surface area contributed by atoms with Crippen molar-refractivity contribution < 1.29 is 24.3 Å². The molecule has 0 aliphatic carbocycles. The summed E-state index contributed by atoms with van der Waals surface area (Å²) in [5.74, 6) is 0. The minimum Gasteiger partial charge on any atom is -0.379 e. The minimum absolute atomic E-state index is 0.375. The van der Waals surface area contributed by atoms with Crippen LogP contribution in [0.1, 0.15) is 39.5 Å². The number of hydrogen-bond acceptors (Lipinski definition) is 5. The van der Waals surface area contributed by atoms with E-state index in [1.54, 1.807) is 0 Å². The second kappa shape index (κ2) is 15.8. The summed E-state index contributed by atoms with van der Waals surface area (Å²) in [4.78, 5) is 9.48. The fourth-order valence-corrected chi connectivity index (χ4v) is 0.985. The predicted octanol–water partition coefficient (Wildman–Crippen LogP) is 2.50. The summed E-state index contributed by atoms with van der Waals surface area (Å²) >= 11 is 0. The van der Waals surface area contributed by atoms with Crippen molar-refractivity contribution in [2.75, 3.05) is 39.6 Å². The minimum atomic E-state index is 0.375. The van der Waals surface area contributed by atoms with Crippen LogP contribution in [0.3, 0.4) is 0 Å². The summed E-state index contributed by atoms with van der Waals surface area (Å²) < 4.78 is 10.5. The number of hydrogen-bond donors (Lipinski definition) is 0. The van der Waals surface area contributed by atoms with Crippen LogP contribution < -0.4 is 0 Å². The second-order valence-corrected chi connectivity index (χ2v) is 3.64. The molecule has 0 saturated heterocycles. The Kier molecular flexibility index (Phi) is 15.6. The zero-order valence-electron chi connectivity index (χ0n) is 11.1. The molecule has 0 radical (unpaired) electrons. The molecule has 0 rings (SSSR count). The van der Waals surface area contributed by atoms with Crippen molar-refractivity contribution in [3.63, 3.8) is 0 Å². The van der Waals surface area contributed by atoms with E-state index in [0.717, 1.165) is 38.9 Å². The first-order valence-electron chi connectivity index (χ1n) is 6.48. The van der Waals surface area contributed by atoms with Crippen molar-refractivity contribution in [3.05, 3.63) is 0 Å². The molecule has 0 N–H and O–H groups in total. The lowest BCUT2D eigenvalue weighted by atomic mass is 10.4. The molecule has 0 aromatic carbocycles. The lowest BCUT2D eigenvalue weighted by Crippen LogP contribution is -2.09. The Hall–Kier alpha value is -0.200. The summed E-state index contributed by atoms with van der Waals surface area (Å²) in [5, 5.41) is 4.49. The standard InChI is InChI=1S/C12H26O5/c1-3-5-7-13-9-11-15-17-16-12-10-14-8-6-4-2/h3-12H2,1-2H3. The monoisotopic (exact) mass is 250 g/mol. The molecule has 0 atom stereocenters. The fraction of sp³-hybridized carbons (Fsp3) is 1.00. The number of rotatable bonds is 14. The first-order valence-corrected chi connectivity index (χ1v) is 6.48. The highest BCUT2D eigenvalue weighted by Gasteiger charge is 1.93. The van der Waals surface area contributed by atoms with Crippen LogP contribution in [0, 0.1) is 0 Å². The molecular weight excluding hydrogens is 224 g/mol. The van der Waals surface area contributed by atoms with Gasteiger partial charge in [-0.3, -0.25) is 0 Å². The summed E-state index contributed by atoms with van der Waals surface area (Å²) in [6, 6.07) is 0. The third-order valence-corrected chi connectivity index (χ3v) is 2.00. The van der Waals surface area contributed by atoms with Crippen molar-refractivity contribution in [3.8, 4) is 0 Å². The summed E-state index contributed by atoms with van der Waals surface area (Å²) in [6.45, 7) is 7.59. The van der Waals surface area contributed by atoms with Crippen LogP contribution >= 0.6 is 0 Å². The Morgan fingerprint density at radius 3 is 1.47 bits per heavy atom. The Labute approximate surface area is 104 Å². The van der Waals surface area contributed by atoms with Crippen LogP contribution in [0.4, 0.5) is 0 Å². The SMILES string of the molecule is CCCCOCCOOOCCOCCCC. The van der Waals surface area contributed by atoms with E-state index in [2.05, 4.69) is 18.9 Å². The van der Waals surface area contributed by atoms with Crippen molar-refractivity contribution in [2.24, 2.45) is 0 Å². The molecule has 0 aliphatic heterocycles. The molecule has 0 saturated carbocycles. The highest BCUT2D eigenvalue weighted by molar-refractivity contribution is 4.32. The van der Waals surface area contributed by atoms with Gasteiger partial charge in [0.05, 0.1) is 13.2 Å². The van der Waals surface area contributed by atoms with Gasteiger partial charge in [0.2, 0.25) is 0 Å². The van der Waals surface area contributed by atoms with Crippen LogP contribution in [0.25, 0.3) is 0 Å². The summed E-state index contributed by atoms with van der Waals surface area (Å²) in [7, 11) is 0. The Morgan fingerprint density at radius 2 is 1.06 bits per heavy atom. The van der Waals surface area contributed by atoms with Gasteiger partial charge in [-0.25, -0.2) is 9.78 Å². The van der Waals surface area contributed by atoms with Gasteiger partial charge in [-0.2, -0.15) is 0 Å². The molecule has 0 fully saturated rings. The molecule has 17 heavy (non-hydrogen) atoms. The van der Waals surface area contributed by atoms with Gasteiger partial charge < -0.3 is 9.47 Å². The predicted molar refractivity (Wildman–Crippen MR) is 64.4 cm³/mol. The Morgan fingerprint density at radius 1 is 0.588 bits per heavy atom. The number of unbranched alkanes of at least 4 members (excludes halogenated alkanes) is 2. The van der Waals surface area contributed by atoms with Crippen LogP contribution in [-0.4, -0.2) is 39.6 Å². The van der Waals surface area contributed by atoms with E-state index >= 15 is 0 Å². The normalized spacial score (nSPS) is 10.9. The van der Waals surface area contributed by atoms with E-state index in [0.29, 0.717) is 26.4 Å². The summed E-state index contributed by atoms with van der Waals surface area (Å²) in [6.07, 6.45) is 4.43. The molecule has 0 aliphatic rings. The van der Waals surface area contributed by atoms with E-state index in [4.69, 9.17) is 19.2 Å². The first kappa shape index (κ1) is 16.8. The van der Waals surface area contributed by atoms with Gasteiger partial charge in [0.1, 0.15) is 13.2 Å². The molecule has 0 spiro atoms. The van der Waals surface area contributed by atoms with Gasteiger partial charge in [0, 0.05) is 13.2 Å². The van der Waals surface area contributed by atoms with E-state index in [1.807, 2.05) is 0 Å². The quantitative estimate of drug-likeness (QED) is 0.269. The van der Waals surface area contributed by atoms with Crippen molar-refractivity contribution in [1.82, 2.24) is 0 Å². The molecule has 0 heterocycles. The highest BCUT2D eigenvalue weighted by atomic mass is 17.5. The zero-order valence-corrected chi connectivity index (χ0v) is 11.1. The molecule has 5 nitrogen and oxygen atoms in total. The summed E-state index contributed by atoms with van der Waals surface area (Å²) in [5.41, 5.74) is 0. The molecule has 0 bridgehead atoms. The van der Waals surface area contributed by atoms with Crippen LogP contribution in [-0.2, 0) is 24.3 Å². The van der Waals surface area contributed by atoms with Gasteiger partial charge >= 0.3 is 0 Å². The maximum absolute atomic E-state index is 5.26. The van der Waals surface area contributed by atoms with Gasteiger partial charge in [0.15, 0.2) is 0 Å². The maximum Gasteiger partial charge on any atom is 0.109 e. The first-order chi connectivity index (χ1) is 8.41. The second-order valence-electron chi connectivity index (χ2n) is 3.64. The molecule has 0 unspecified atom stereocenters. The molecular formula is C12H26O5. The molecule has 0 amide bonds. The van der Waals surface area contributed by atoms with Crippen molar-refractivity contribution in [2.45, 2.75) is 39.5 Å².